The molecule has 0 radical (unpaired) electrons. The summed E-state index contributed by atoms with van der Waals surface area (Å²) < 4.78 is 5.69. The molecule has 3 rings (SSSR count). The van der Waals surface area contributed by atoms with Crippen molar-refractivity contribution in [2.75, 3.05) is 0 Å². The SMILES string of the molecule is O=[N+]([O-])[C@H]1C[C@@H]1c1ccc(OCc2ccccc2)cc1. The van der Waals surface area contributed by atoms with E-state index in [2.05, 4.69) is 0 Å². The fourth-order valence-electron chi connectivity index (χ4n) is 2.32. The highest BCUT2D eigenvalue weighted by Crippen LogP contribution is 2.43. The van der Waals surface area contributed by atoms with Gasteiger partial charge in [0.2, 0.25) is 6.04 Å². The molecule has 2 aromatic rings. The van der Waals surface area contributed by atoms with Gasteiger partial charge in [-0.3, -0.25) is 10.1 Å². The minimum Gasteiger partial charge on any atom is -0.489 e. The number of nitrogens with zero attached hydrogens (tertiary/aromatic N) is 1. The summed E-state index contributed by atoms with van der Waals surface area (Å²) >= 11 is 0. The predicted octanol–water partition coefficient (Wildman–Crippen LogP) is 3.40. The average Bonchev–Trinajstić information content (AvgIpc) is 3.27. The van der Waals surface area contributed by atoms with Gasteiger partial charge in [0, 0.05) is 11.3 Å². The number of rotatable bonds is 5. The molecule has 0 saturated heterocycles. The summed E-state index contributed by atoms with van der Waals surface area (Å²) in [4.78, 5) is 10.5. The lowest BCUT2D eigenvalue weighted by atomic mass is 10.1. The Bertz CT molecular complexity index is 595. The second kappa shape index (κ2) is 5.33. The summed E-state index contributed by atoms with van der Waals surface area (Å²) in [6.45, 7) is 0.529. The topological polar surface area (TPSA) is 52.4 Å². The van der Waals surface area contributed by atoms with E-state index in [9.17, 15) is 10.1 Å². The second-order valence-electron chi connectivity index (χ2n) is 5.04. The fraction of sp³-hybridized carbons (Fsp3) is 0.250. The lowest BCUT2D eigenvalue weighted by Crippen LogP contribution is -2.02. The lowest BCUT2D eigenvalue weighted by Gasteiger charge is -2.07. The molecule has 0 aliphatic heterocycles. The van der Waals surface area contributed by atoms with E-state index in [1.807, 2.05) is 54.6 Å². The van der Waals surface area contributed by atoms with Crippen LogP contribution in [-0.4, -0.2) is 11.0 Å². The van der Waals surface area contributed by atoms with Gasteiger partial charge >= 0.3 is 0 Å². The van der Waals surface area contributed by atoms with Crippen LogP contribution in [0, 0.1) is 10.1 Å². The van der Waals surface area contributed by atoms with Crippen molar-refractivity contribution in [3.05, 3.63) is 75.8 Å². The molecule has 0 spiro atoms. The molecule has 0 amide bonds. The van der Waals surface area contributed by atoms with Crippen molar-refractivity contribution in [2.24, 2.45) is 0 Å². The third-order valence-corrected chi connectivity index (χ3v) is 3.58. The Morgan fingerprint density at radius 2 is 1.80 bits per heavy atom. The van der Waals surface area contributed by atoms with Crippen LogP contribution in [0.3, 0.4) is 0 Å². The van der Waals surface area contributed by atoms with Gasteiger partial charge < -0.3 is 4.74 Å². The molecule has 4 nitrogen and oxygen atoms in total. The van der Waals surface area contributed by atoms with E-state index in [-0.39, 0.29) is 10.8 Å². The summed E-state index contributed by atoms with van der Waals surface area (Å²) in [5.41, 5.74) is 2.14. The van der Waals surface area contributed by atoms with Crippen molar-refractivity contribution < 1.29 is 9.66 Å². The van der Waals surface area contributed by atoms with E-state index in [0.29, 0.717) is 13.0 Å². The second-order valence-corrected chi connectivity index (χ2v) is 5.04. The predicted molar refractivity (Wildman–Crippen MR) is 75.4 cm³/mol. The lowest BCUT2D eigenvalue weighted by molar-refractivity contribution is -0.496. The highest BCUT2D eigenvalue weighted by molar-refractivity contribution is 5.33. The molecule has 1 saturated carbocycles. The molecular weight excluding hydrogens is 254 g/mol. The van der Waals surface area contributed by atoms with Crippen molar-refractivity contribution in [2.45, 2.75) is 25.0 Å². The quantitative estimate of drug-likeness (QED) is 0.617. The third kappa shape index (κ3) is 2.79. The number of ether oxygens (including phenoxy) is 1. The number of nitro groups is 1. The van der Waals surface area contributed by atoms with Gasteiger partial charge in [-0.1, -0.05) is 42.5 Å². The molecule has 0 N–H and O–H groups in total. The molecule has 0 aromatic heterocycles. The normalized spacial score (nSPS) is 20.4. The first kappa shape index (κ1) is 12.7. The van der Waals surface area contributed by atoms with Gasteiger partial charge in [0.05, 0.1) is 5.92 Å². The Morgan fingerprint density at radius 3 is 2.40 bits per heavy atom. The Balaban J connectivity index is 1.58. The van der Waals surface area contributed by atoms with Crippen LogP contribution >= 0.6 is 0 Å². The van der Waals surface area contributed by atoms with E-state index in [1.54, 1.807) is 0 Å². The maximum atomic E-state index is 10.7. The van der Waals surface area contributed by atoms with Gasteiger partial charge in [0.15, 0.2) is 0 Å². The minimum absolute atomic E-state index is 0.0770. The van der Waals surface area contributed by atoms with E-state index in [0.717, 1.165) is 16.9 Å². The Labute approximate surface area is 117 Å². The van der Waals surface area contributed by atoms with Gasteiger partial charge in [-0.05, 0) is 23.3 Å². The van der Waals surface area contributed by atoms with Crippen LogP contribution in [0.2, 0.25) is 0 Å². The third-order valence-electron chi connectivity index (χ3n) is 3.58. The molecule has 0 bridgehead atoms. The molecule has 4 heteroatoms. The summed E-state index contributed by atoms with van der Waals surface area (Å²) in [5.74, 6) is 0.865. The zero-order chi connectivity index (χ0) is 13.9. The minimum atomic E-state index is -0.397. The Kier molecular flexibility index (Phi) is 3.37. The van der Waals surface area contributed by atoms with Crippen LogP contribution in [0.5, 0.6) is 5.75 Å². The van der Waals surface area contributed by atoms with E-state index in [1.165, 1.54) is 0 Å². The average molecular weight is 269 g/mol. The number of hydrogen-bond acceptors (Lipinski definition) is 3. The van der Waals surface area contributed by atoms with Crippen LogP contribution < -0.4 is 4.74 Å². The first-order chi connectivity index (χ1) is 9.74. The van der Waals surface area contributed by atoms with Crippen LogP contribution in [-0.2, 0) is 6.61 Å². The fourth-order valence-corrected chi connectivity index (χ4v) is 2.32. The summed E-state index contributed by atoms with van der Waals surface area (Å²) in [7, 11) is 0. The molecule has 0 heterocycles. The summed E-state index contributed by atoms with van der Waals surface area (Å²) in [6, 6.07) is 17.2. The van der Waals surface area contributed by atoms with Crippen molar-refractivity contribution in [1.82, 2.24) is 0 Å². The molecular formula is C16H15NO3. The van der Waals surface area contributed by atoms with Crippen LogP contribution in [0.25, 0.3) is 0 Å². The molecule has 20 heavy (non-hydrogen) atoms. The van der Waals surface area contributed by atoms with Gasteiger partial charge in [0.25, 0.3) is 0 Å². The van der Waals surface area contributed by atoms with Crippen molar-refractivity contribution in [3.8, 4) is 5.75 Å². The van der Waals surface area contributed by atoms with Gasteiger partial charge in [-0.15, -0.1) is 0 Å². The van der Waals surface area contributed by atoms with Crippen molar-refractivity contribution in [1.29, 1.82) is 0 Å². The molecule has 1 aliphatic rings. The van der Waals surface area contributed by atoms with Crippen molar-refractivity contribution >= 4 is 0 Å². The molecule has 0 unspecified atom stereocenters. The molecule has 1 fully saturated rings. The standard InChI is InChI=1S/C16H15NO3/c18-17(19)16-10-15(16)13-6-8-14(9-7-13)20-11-12-4-2-1-3-5-12/h1-9,15-16H,10-11H2/t15-,16+/m1/s1. The molecule has 1 aliphatic carbocycles. The largest absolute Gasteiger partial charge is 0.489 e. The maximum absolute atomic E-state index is 10.7. The van der Waals surface area contributed by atoms with E-state index in [4.69, 9.17) is 4.74 Å². The Morgan fingerprint density at radius 1 is 1.10 bits per heavy atom. The van der Waals surface area contributed by atoms with Crippen LogP contribution in [0.4, 0.5) is 0 Å². The molecule has 2 aromatic carbocycles. The monoisotopic (exact) mass is 269 g/mol. The first-order valence-corrected chi connectivity index (χ1v) is 6.64. The number of benzene rings is 2. The van der Waals surface area contributed by atoms with E-state index >= 15 is 0 Å². The van der Waals surface area contributed by atoms with Crippen LogP contribution in [0.15, 0.2) is 54.6 Å². The molecule has 102 valence electrons. The zero-order valence-electron chi connectivity index (χ0n) is 10.9. The Hall–Kier alpha value is -2.36. The first-order valence-electron chi connectivity index (χ1n) is 6.64. The van der Waals surface area contributed by atoms with Crippen LogP contribution in [0.1, 0.15) is 23.5 Å². The number of hydrogen-bond donors (Lipinski definition) is 0. The van der Waals surface area contributed by atoms with Gasteiger partial charge in [0.1, 0.15) is 12.4 Å². The zero-order valence-corrected chi connectivity index (χ0v) is 10.9. The van der Waals surface area contributed by atoms with Gasteiger partial charge in [-0.25, -0.2) is 0 Å². The highest BCUT2D eigenvalue weighted by Gasteiger charge is 2.49. The van der Waals surface area contributed by atoms with E-state index < -0.39 is 6.04 Å². The highest BCUT2D eigenvalue weighted by atomic mass is 16.6. The maximum Gasteiger partial charge on any atom is 0.221 e. The summed E-state index contributed by atoms with van der Waals surface area (Å²) in [6.07, 6.45) is 0.650. The summed E-state index contributed by atoms with van der Waals surface area (Å²) in [5, 5.41) is 10.7. The smallest absolute Gasteiger partial charge is 0.221 e. The molecule has 2 atom stereocenters. The van der Waals surface area contributed by atoms with Gasteiger partial charge in [-0.2, -0.15) is 0 Å². The van der Waals surface area contributed by atoms with Crippen molar-refractivity contribution in [3.63, 3.8) is 0 Å².